The number of benzene rings is 3. The molecule has 0 bridgehead atoms. The fourth-order valence-electron chi connectivity index (χ4n) is 4.66. The van der Waals surface area contributed by atoms with Gasteiger partial charge in [0.2, 0.25) is 0 Å². The first-order valence-corrected chi connectivity index (χ1v) is 14.0. The maximum atomic E-state index is 4.40. The van der Waals surface area contributed by atoms with Crippen LogP contribution in [-0.2, 0) is 0 Å². The summed E-state index contributed by atoms with van der Waals surface area (Å²) >= 11 is 1.83. The predicted molar refractivity (Wildman–Crippen MR) is 168 cm³/mol. The Labute approximate surface area is 226 Å². The quantitative estimate of drug-likeness (QED) is 0.221. The van der Waals surface area contributed by atoms with Crippen LogP contribution in [0.4, 0.5) is 0 Å². The molecule has 0 saturated carbocycles. The Kier molecular flexibility index (Phi) is 8.15. The van der Waals surface area contributed by atoms with E-state index in [1.54, 1.807) is 0 Å². The van der Waals surface area contributed by atoms with Crippen molar-refractivity contribution in [3.05, 3.63) is 128 Å². The van der Waals surface area contributed by atoms with E-state index in [4.69, 9.17) is 0 Å². The molecule has 0 N–H and O–H groups in total. The number of thiophene rings is 1. The highest BCUT2D eigenvalue weighted by molar-refractivity contribution is 7.17. The summed E-state index contributed by atoms with van der Waals surface area (Å²) < 4.78 is 2.55. The largest absolute Gasteiger partial charge is 0.135 e. The third-order valence-corrected chi connectivity index (χ3v) is 8.72. The molecule has 0 spiro atoms. The van der Waals surface area contributed by atoms with E-state index < -0.39 is 0 Å². The third-order valence-electron chi connectivity index (χ3n) is 7.39. The van der Waals surface area contributed by atoms with Crippen molar-refractivity contribution in [1.29, 1.82) is 0 Å². The van der Waals surface area contributed by atoms with E-state index in [0.717, 1.165) is 17.2 Å². The summed E-state index contributed by atoms with van der Waals surface area (Å²) in [5, 5.41) is 2.37. The molecule has 188 valence electrons. The van der Waals surface area contributed by atoms with Crippen LogP contribution in [0.25, 0.3) is 33.9 Å². The molecule has 1 heteroatoms. The van der Waals surface area contributed by atoms with Crippen LogP contribution in [0.15, 0.2) is 85.0 Å². The number of rotatable bonds is 7. The summed E-state index contributed by atoms with van der Waals surface area (Å²) in [6, 6.07) is 22.1. The lowest BCUT2D eigenvalue weighted by atomic mass is 9.87. The average Bonchev–Trinajstić information content (AvgIpc) is 3.24. The van der Waals surface area contributed by atoms with Gasteiger partial charge in [0.25, 0.3) is 0 Å². The maximum Gasteiger partial charge on any atom is 0.0384 e. The minimum atomic E-state index is 0.390. The lowest BCUT2D eigenvalue weighted by Crippen LogP contribution is -2.19. The summed E-state index contributed by atoms with van der Waals surface area (Å²) in [5.74, 6) is 0.390. The highest BCUT2D eigenvalue weighted by Crippen LogP contribution is 2.32. The molecular weight excluding hydrogens is 464 g/mol. The van der Waals surface area contributed by atoms with E-state index in [9.17, 15) is 0 Å². The Morgan fingerprint density at radius 2 is 1.59 bits per heavy atom. The Hall–Kier alpha value is -3.42. The van der Waals surface area contributed by atoms with Gasteiger partial charge in [-0.25, -0.2) is 0 Å². The van der Waals surface area contributed by atoms with Crippen LogP contribution in [-0.4, -0.2) is 0 Å². The molecule has 0 aliphatic rings. The first kappa shape index (κ1) is 26.6. The van der Waals surface area contributed by atoms with Crippen molar-refractivity contribution in [3.63, 3.8) is 0 Å². The van der Waals surface area contributed by atoms with Crippen molar-refractivity contribution in [2.24, 2.45) is 5.92 Å². The molecule has 0 amide bonds. The molecule has 1 aromatic heterocycles. The minimum absolute atomic E-state index is 0.390. The summed E-state index contributed by atoms with van der Waals surface area (Å²) in [4.78, 5) is 0. The summed E-state index contributed by atoms with van der Waals surface area (Å²) in [6.07, 6.45) is 7.78. The first-order valence-electron chi connectivity index (χ1n) is 13.2. The van der Waals surface area contributed by atoms with E-state index in [2.05, 4.69) is 134 Å². The second-order valence-corrected chi connectivity index (χ2v) is 11.2. The molecule has 1 heterocycles. The van der Waals surface area contributed by atoms with E-state index in [1.165, 1.54) is 59.1 Å². The fourth-order valence-corrected chi connectivity index (χ4v) is 5.83. The van der Waals surface area contributed by atoms with Gasteiger partial charge in [-0.15, -0.1) is 11.3 Å². The zero-order valence-corrected chi connectivity index (χ0v) is 23.9. The van der Waals surface area contributed by atoms with Crippen LogP contribution < -0.4 is 9.75 Å². The highest BCUT2D eigenvalue weighted by Gasteiger charge is 2.13. The van der Waals surface area contributed by atoms with Crippen LogP contribution in [0.5, 0.6) is 0 Å². The van der Waals surface area contributed by atoms with Gasteiger partial charge in [-0.2, -0.15) is 0 Å². The van der Waals surface area contributed by atoms with Gasteiger partial charge < -0.3 is 0 Å². The number of allylic oxidation sites excluding steroid dienone is 3. The Morgan fingerprint density at radius 3 is 2.24 bits per heavy atom. The van der Waals surface area contributed by atoms with E-state index >= 15 is 0 Å². The Bertz CT molecular complexity index is 1620. The molecule has 0 nitrogen and oxygen atoms in total. The second kappa shape index (κ2) is 11.3. The Balaban J connectivity index is 1.82. The molecule has 3 aromatic carbocycles. The second-order valence-electron chi connectivity index (χ2n) is 10.2. The summed E-state index contributed by atoms with van der Waals surface area (Å²) in [5.41, 5.74) is 11.3. The molecule has 0 aliphatic carbocycles. The van der Waals surface area contributed by atoms with Gasteiger partial charge in [0.15, 0.2) is 0 Å². The number of hydrogen-bond acceptors (Lipinski definition) is 1. The van der Waals surface area contributed by atoms with Crippen molar-refractivity contribution in [3.8, 4) is 0 Å². The molecule has 0 radical (unpaired) electrons. The van der Waals surface area contributed by atoms with Crippen LogP contribution >= 0.6 is 11.3 Å². The van der Waals surface area contributed by atoms with Crippen LogP contribution in [0.2, 0.25) is 0 Å². The maximum absolute atomic E-state index is 4.40. The van der Waals surface area contributed by atoms with Gasteiger partial charge in [0, 0.05) is 9.23 Å². The molecule has 0 saturated heterocycles. The molecule has 0 atom stereocenters. The molecule has 4 aromatic rings. The van der Waals surface area contributed by atoms with Crippen LogP contribution in [0, 0.1) is 19.8 Å². The smallest absolute Gasteiger partial charge is 0.0384 e. The molecule has 37 heavy (non-hydrogen) atoms. The number of hydrogen-bond donors (Lipinski definition) is 0. The van der Waals surface area contributed by atoms with Crippen molar-refractivity contribution in [2.45, 2.75) is 48.0 Å². The predicted octanol–water partition coefficient (Wildman–Crippen LogP) is 9.21. The van der Waals surface area contributed by atoms with Crippen LogP contribution in [0.1, 0.15) is 67.5 Å². The summed E-state index contributed by atoms with van der Waals surface area (Å²) in [7, 11) is 0. The zero-order valence-electron chi connectivity index (χ0n) is 23.1. The molecule has 4 rings (SSSR count). The molecule has 0 unspecified atom stereocenters. The zero-order chi connectivity index (χ0) is 26.7. The van der Waals surface area contributed by atoms with Gasteiger partial charge >= 0.3 is 0 Å². The third kappa shape index (κ3) is 5.48. The molecule has 0 aliphatic heterocycles. The van der Waals surface area contributed by atoms with Crippen molar-refractivity contribution < 1.29 is 0 Å². The van der Waals surface area contributed by atoms with E-state index in [1.807, 2.05) is 11.3 Å². The normalized spacial score (nSPS) is 13.1. The van der Waals surface area contributed by atoms with Crippen molar-refractivity contribution >= 4 is 45.2 Å². The standard InChI is InChI=1S/C36H38S/c1-9-10-13-29-20-21-32(26(6)25(29)5)34(22-24(4)23(2)3)31-18-16-30(17-19-31)27(7)36-28(8)33-14-11-12-15-35(33)37-36/h10-23H,4,8-9H2,1-3,5-7H3/b13-10-,34-22-,36-27-. The van der Waals surface area contributed by atoms with E-state index in [-0.39, 0.29) is 0 Å². The van der Waals surface area contributed by atoms with Gasteiger partial charge in [0.05, 0.1) is 0 Å². The van der Waals surface area contributed by atoms with Crippen molar-refractivity contribution in [1.82, 2.24) is 0 Å². The topological polar surface area (TPSA) is 0 Å². The monoisotopic (exact) mass is 502 g/mol. The van der Waals surface area contributed by atoms with Gasteiger partial charge in [0.1, 0.15) is 0 Å². The first-order chi connectivity index (χ1) is 17.7. The number of fused-ring (bicyclic) bond motifs is 1. The lowest BCUT2D eigenvalue weighted by molar-refractivity contribution is 0.795. The van der Waals surface area contributed by atoms with Crippen molar-refractivity contribution in [2.75, 3.05) is 0 Å². The highest BCUT2D eigenvalue weighted by atomic mass is 32.1. The minimum Gasteiger partial charge on any atom is -0.135 e. The average molecular weight is 503 g/mol. The van der Waals surface area contributed by atoms with Gasteiger partial charge in [-0.3, -0.25) is 0 Å². The van der Waals surface area contributed by atoms with Gasteiger partial charge in [-0.1, -0.05) is 112 Å². The molecular formula is C36H38S. The fraction of sp³-hybridized carbons (Fsp3) is 0.222. The van der Waals surface area contributed by atoms with E-state index in [0.29, 0.717) is 5.92 Å². The summed E-state index contributed by atoms with van der Waals surface area (Å²) in [6.45, 7) is 22.0. The molecule has 0 fully saturated rings. The lowest BCUT2D eigenvalue weighted by Gasteiger charge is -2.17. The van der Waals surface area contributed by atoms with Gasteiger partial charge in [-0.05, 0) is 94.3 Å². The Morgan fingerprint density at radius 1 is 0.919 bits per heavy atom. The van der Waals surface area contributed by atoms with Crippen LogP contribution in [0.3, 0.4) is 0 Å². The SMILES string of the molecule is C=C(/C=C(/c1ccc(/C(C)=c2\sc3ccccc3c2=C)cc1)c1ccc(/C=C\CC)c(C)c1C)C(C)C.